The Morgan fingerprint density at radius 2 is 1.91 bits per heavy atom. The zero-order valence-electron chi connectivity index (χ0n) is 20.5. The monoisotopic (exact) mass is 481 g/mol. The highest BCUT2D eigenvalue weighted by molar-refractivity contribution is 6.00. The van der Waals surface area contributed by atoms with Crippen LogP contribution >= 0.6 is 0 Å². The molecule has 0 spiro atoms. The third-order valence-electron chi connectivity index (χ3n) is 6.59. The third kappa shape index (κ3) is 6.20. The quantitative estimate of drug-likeness (QED) is 0.505. The van der Waals surface area contributed by atoms with E-state index in [1.807, 2.05) is 26.0 Å². The number of carbonyl (C=O) groups is 2. The third-order valence-corrected chi connectivity index (χ3v) is 6.59. The molecule has 2 aromatic carbocycles. The highest BCUT2D eigenvalue weighted by Crippen LogP contribution is 2.23. The molecule has 3 N–H and O–H groups in total. The van der Waals surface area contributed by atoms with Gasteiger partial charge >= 0.3 is 0 Å². The van der Waals surface area contributed by atoms with Crippen molar-refractivity contribution < 1.29 is 24.2 Å². The van der Waals surface area contributed by atoms with E-state index in [1.54, 1.807) is 23.1 Å². The number of carbonyl (C=O) groups excluding carboxylic acids is 2. The molecule has 1 heterocycles. The summed E-state index contributed by atoms with van der Waals surface area (Å²) >= 11 is 0. The number of aliphatic hydroxyl groups excluding tert-OH is 1. The Hall–Kier alpha value is -2.94. The van der Waals surface area contributed by atoms with Crippen LogP contribution < -0.4 is 15.4 Å². The van der Waals surface area contributed by atoms with Gasteiger partial charge in [0.15, 0.2) is 0 Å². The Morgan fingerprint density at radius 3 is 2.60 bits per heavy atom. The first-order chi connectivity index (χ1) is 17.0. The molecule has 2 atom stereocenters. The van der Waals surface area contributed by atoms with E-state index in [2.05, 4.69) is 22.8 Å². The summed E-state index contributed by atoms with van der Waals surface area (Å²) < 4.78 is 11.1. The van der Waals surface area contributed by atoms with E-state index in [4.69, 9.17) is 9.47 Å². The number of morpholine rings is 1. The highest BCUT2D eigenvalue weighted by atomic mass is 16.5. The van der Waals surface area contributed by atoms with Crippen LogP contribution in [0.1, 0.15) is 45.7 Å². The van der Waals surface area contributed by atoms with Crippen LogP contribution in [0, 0.1) is 0 Å². The molecule has 1 aliphatic heterocycles. The lowest BCUT2D eigenvalue weighted by atomic mass is 10.1. The molecule has 1 saturated heterocycles. The summed E-state index contributed by atoms with van der Waals surface area (Å²) in [5.74, 6) is -0.100. The predicted octanol–water partition coefficient (Wildman–Crippen LogP) is 1.79. The topological polar surface area (TPSA) is 100 Å². The zero-order chi connectivity index (χ0) is 24.8. The second kappa shape index (κ2) is 11.7. The summed E-state index contributed by atoms with van der Waals surface area (Å²) in [6, 6.07) is 13.6. The average molecular weight is 482 g/mol. The molecule has 0 saturated carbocycles. The minimum absolute atomic E-state index is 0.0109. The Kier molecular flexibility index (Phi) is 8.38. The summed E-state index contributed by atoms with van der Waals surface area (Å²) in [5, 5.41) is 16.6. The molecular weight excluding hydrogens is 446 g/mol. The molecule has 0 bridgehead atoms. The van der Waals surface area contributed by atoms with Gasteiger partial charge in [-0.2, -0.15) is 0 Å². The fourth-order valence-corrected chi connectivity index (χ4v) is 4.70. The molecule has 35 heavy (non-hydrogen) atoms. The van der Waals surface area contributed by atoms with Crippen LogP contribution in [0.3, 0.4) is 0 Å². The second-order valence-corrected chi connectivity index (χ2v) is 9.21. The number of rotatable bonds is 9. The van der Waals surface area contributed by atoms with Gasteiger partial charge in [0.05, 0.1) is 37.5 Å². The van der Waals surface area contributed by atoms with Gasteiger partial charge in [-0.05, 0) is 56.0 Å². The normalized spacial score (nSPS) is 18.7. The lowest BCUT2D eigenvalue weighted by Gasteiger charge is -2.33. The maximum absolute atomic E-state index is 13.0. The molecule has 1 aliphatic carbocycles. The van der Waals surface area contributed by atoms with Crippen molar-refractivity contribution in [2.45, 2.75) is 44.9 Å². The van der Waals surface area contributed by atoms with Gasteiger partial charge in [0.1, 0.15) is 5.75 Å². The first-order valence-corrected chi connectivity index (χ1v) is 12.4. The second-order valence-electron chi connectivity index (χ2n) is 9.21. The molecule has 4 rings (SSSR count). The lowest BCUT2D eigenvalue weighted by Crippen LogP contribution is -2.47. The molecule has 2 amide bonds. The number of amides is 2. The maximum Gasteiger partial charge on any atom is 0.255 e. The molecular formula is C27H35N3O5. The molecule has 0 aromatic heterocycles. The largest absolute Gasteiger partial charge is 0.493 e. The number of hydrogen-bond donors (Lipinski definition) is 3. The van der Waals surface area contributed by atoms with Crippen LogP contribution in [-0.4, -0.2) is 79.5 Å². The SMILES string of the molecule is CCOc1cc(C(=O)N2CCOC[C@H]2C)ccc1C(=O)NCC(O)CNC1Cc2ccccc2C1. The first kappa shape index (κ1) is 25.2. The highest BCUT2D eigenvalue weighted by Gasteiger charge is 2.26. The van der Waals surface area contributed by atoms with Gasteiger partial charge in [-0.3, -0.25) is 9.59 Å². The smallest absolute Gasteiger partial charge is 0.255 e. The van der Waals surface area contributed by atoms with Gasteiger partial charge in [0, 0.05) is 31.2 Å². The minimum Gasteiger partial charge on any atom is -0.493 e. The number of fused-ring (bicyclic) bond motifs is 1. The van der Waals surface area contributed by atoms with Crippen molar-refractivity contribution in [1.82, 2.24) is 15.5 Å². The summed E-state index contributed by atoms with van der Waals surface area (Å²) in [7, 11) is 0. The Bertz CT molecular complexity index is 1020. The van der Waals surface area contributed by atoms with Gasteiger partial charge in [-0.15, -0.1) is 0 Å². The van der Waals surface area contributed by atoms with Crippen LogP contribution in [0.15, 0.2) is 42.5 Å². The van der Waals surface area contributed by atoms with Crippen LogP contribution in [0.5, 0.6) is 5.75 Å². The molecule has 8 nitrogen and oxygen atoms in total. The van der Waals surface area contributed by atoms with Crippen molar-refractivity contribution in [1.29, 1.82) is 0 Å². The van der Waals surface area contributed by atoms with E-state index >= 15 is 0 Å². The van der Waals surface area contributed by atoms with E-state index in [9.17, 15) is 14.7 Å². The van der Waals surface area contributed by atoms with E-state index in [-0.39, 0.29) is 24.4 Å². The van der Waals surface area contributed by atoms with Crippen LogP contribution in [0.4, 0.5) is 0 Å². The number of hydrogen-bond acceptors (Lipinski definition) is 6. The Morgan fingerprint density at radius 1 is 1.17 bits per heavy atom. The van der Waals surface area contributed by atoms with E-state index in [1.165, 1.54) is 11.1 Å². The molecule has 1 fully saturated rings. The summed E-state index contributed by atoms with van der Waals surface area (Å²) in [5.41, 5.74) is 3.51. The van der Waals surface area contributed by atoms with Gasteiger partial charge in [-0.25, -0.2) is 0 Å². The van der Waals surface area contributed by atoms with Crippen molar-refractivity contribution in [3.63, 3.8) is 0 Å². The average Bonchev–Trinajstić information content (AvgIpc) is 3.29. The van der Waals surface area contributed by atoms with Gasteiger partial charge in [0.25, 0.3) is 11.8 Å². The van der Waals surface area contributed by atoms with Crippen molar-refractivity contribution >= 4 is 11.8 Å². The first-order valence-electron chi connectivity index (χ1n) is 12.4. The van der Waals surface area contributed by atoms with Crippen LogP contribution in [-0.2, 0) is 17.6 Å². The Balaban J connectivity index is 1.31. The molecule has 1 unspecified atom stereocenters. The van der Waals surface area contributed by atoms with Gasteiger partial charge in [-0.1, -0.05) is 24.3 Å². The maximum atomic E-state index is 13.0. The zero-order valence-corrected chi connectivity index (χ0v) is 20.5. The number of nitrogens with zero attached hydrogens (tertiary/aromatic N) is 1. The number of ether oxygens (including phenoxy) is 2. The molecule has 0 radical (unpaired) electrons. The number of aliphatic hydroxyl groups is 1. The van der Waals surface area contributed by atoms with Crippen molar-refractivity contribution in [2.75, 3.05) is 39.5 Å². The number of nitrogens with one attached hydrogen (secondary N) is 2. The lowest BCUT2D eigenvalue weighted by molar-refractivity contribution is 0.00357. The fraction of sp³-hybridized carbons (Fsp3) is 0.481. The van der Waals surface area contributed by atoms with Crippen LogP contribution in [0.2, 0.25) is 0 Å². The molecule has 2 aliphatic rings. The van der Waals surface area contributed by atoms with Crippen molar-refractivity contribution in [2.24, 2.45) is 0 Å². The van der Waals surface area contributed by atoms with Crippen molar-refractivity contribution in [3.05, 3.63) is 64.7 Å². The molecule has 2 aromatic rings. The van der Waals surface area contributed by atoms with E-state index in [0.29, 0.717) is 55.8 Å². The Labute approximate surface area is 206 Å². The standard InChI is InChI=1S/C27H35N3O5/c1-3-35-25-14-21(27(33)30-10-11-34-17-18(30)2)8-9-24(25)26(32)29-16-23(31)15-28-22-12-19-6-4-5-7-20(19)13-22/h4-9,14,18,22-23,28,31H,3,10-13,15-17H2,1-2H3,(H,29,32)/t18-,23?/m1/s1. The summed E-state index contributed by atoms with van der Waals surface area (Å²) in [6.45, 7) is 6.21. The predicted molar refractivity (Wildman–Crippen MR) is 133 cm³/mol. The minimum atomic E-state index is -0.720. The van der Waals surface area contributed by atoms with Crippen LogP contribution in [0.25, 0.3) is 0 Å². The molecule has 188 valence electrons. The van der Waals surface area contributed by atoms with E-state index in [0.717, 1.165) is 12.8 Å². The van der Waals surface area contributed by atoms with Gasteiger partial charge in [0.2, 0.25) is 0 Å². The summed E-state index contributed by atoms with van der Waals surface area (Å²) in [6.07, 6.45) is 1.17. The van der Waals surface area contributed by atoms with E-state index < -0.39 is 6.10 Å². The fourth-order valence-electron chi connectivity index (χ4n) is 4.70. The van der Waals surface area contributed by atoms with Gasteiger partial charge < -0.3 is 30.1 Å². The van der Waals surface area contributed by atoms with Crippen molar-refractivity contribution in [3.8, 4) is 5.75 Å². The summed E-state index contributed by atoms with van der Waals surface area (Å²) in [4.78, 5) is 27.6. The molecule has 8 heteroatoms. The number of benzene rings is 2.